The molecule has 1 aromatic carbocycles. The number of halogens is 3. The molecule has 1 aromatic rings. The number of hydrogen-bond acceptors (Lipinski definition) is 4. The van der Waals surface area contributed by atoms with Crippen molar-refractivity contribution in [3.63, 3.8) is 0 Å². The lowest BCUT2D eigenvalue weighted by Crippen LogP contribution is -2.42. The van der Waals surface area contributed by atoms with Crippen molar-refractivity contribution >= 4 is 35.0 Å². The third-order valence-electron chi connectivity index (χ3n) is 3.90. The number of thioether (sulfide) groups is 1. The number of nitrogens with one attached hydrogen (secondary N) is 1. The minimum absolute atomic E-state index is 0.0560. The Bertz CT molecular complexity index is 834. The van der Waals surface area contributed by atoms with E-state index >= 15 is 0 Å². The van der Waals surface area contributed by atoms with Crippen LogP contribution in [0, 0.1) is 22.9 Å². The van der Waals surface area contributed by atoms with Crippen LogP contribution in [0.5, 0.6) is 0 Å². The maximum absolute atomic E-state index is 13.7. The number of allylic oxidation sites excluding steroid dienone is 1. The summed E-state index contributed by atoms with van der Waals surface area (Å²) in [6.45, 7) is 6.56. The van der Waals surface area contributed by atoms with E-state index in [0.717, 1.165) is 22.7 Å². The molecule has 27 heavy (non-hydrogen) atoms. The Hall–Kier alpha value is -2.29. The molecule has 0 aromatic heterocycles. The number of carbonyl (C=O) groups is 3. The van der Waals surface area contributed by atoms with Crippen LogP contribution >= 0.6 is 11.8 Å². The predicted octanol–water partition coefficient (Wildman–Crippen LogP) is 3.46. The van der Waals surface area contributed by atoms with Gasteiger partial charge in [-0.2, -0.15) is 0 Å². The monoisotopic (exact) mass is 400 g/mol. The van der Waals surface area contributed by atoms with Gasteiger partial charge in [-0.05, 0) is 19.1 Å². The third-order valence-corrected chi connectivity index (χ3v) is 4.90. The van der Waals surface area contributed by atoms with Gasteiger partial charge in [0, 0.05) is 11.5 Å². The van der Waals surface area contributed by atoms with Crippen LogP contribution in [0.3, 0.4) is 0 Å². The molecule has 9 heteroatoms. The maximum atomic E-state index is 13.7. The van der Waals surface area contributed by atoms with Crippen LogP contribution in [0.2, 0.25) is 0 Å². The fraction of sp³-hybridized carbons (Fsp3) is 0.389. The molecule has 2 rings (SSSR count). The second-order valence-electron chi connectivity index (χ2n) is 7.04. The topological polar surface area (TPSA) is 66.5 Å². The van der Waals surface area contributed by atoms with E-state index in [9.17, 15) is 27.6 Å². The van der Waals surface area contributed by atoms with Gasteiger partial charge in [0.1, 0.15) is 6.04 Å². The minimum atomic E-state index is -1.70. The van der Waals surface area contributed by atoms with E-state index in [2.05, 4.69) is 5.32 Å². The van der Waals surface area contributed by atoms with E-state index in [0.29, 0.717) is 11.1 Å². The molecular formula is C18H19F3N2O3S. The highest BCUT2D eigenvalue weighted by molar-refractivity contribution is 8.04. The fourth-order valence-electron chi connectivity index (χ4n) is 2.22. The van der Waals surface area contributed by atoms with Crippen molar-refractivity contribution in [2.45, 2.75) is 33.7 Å². The highest BCUT2D eigenvalue weighted by Crippen LogP contribution is 2.32. The molecule has 0 bridgehead atoms. The molecule has 5 nitrogen and oxygen atoms in total. The first-order valence-corrected chi connectivity index (χ1v) is 9.07. The molecule has 0 unspecified atom stereocenters. The predicted molar refractivity (Wildman–Crippen MR) is 96.3 cm³/mol. The van der Waals surface area contributed by atoms with E-state index in [1.807, 2.05) is 0 Å². The number of nitrogens with zero attached hydrogens (tertiary/aromatic N) is 1. The maximum Gasteiger partial charge on any atom is 0.247 e. The molecule has 146 valence electrons. The number of carbonyl (C=O) groups excluding carboxylic acids is 3. The molecule has 1 fully saturated rings. The average molecular weight is 400 g/mol. The molecule has 1 atom stereocenters. The van der Waals surface area contributed by atoms with Gasteiger partial charge >= 0.3 is 0 Å². The average Bonchev–Trinajstić information content (AvgIpc) is 2.94. The second kappa shape index (κ2) is 7.75. The van der Waals surface area contributed by atoms with Crippen LogP contribution in [0.4, 0.5) is 18.9 Å². The first-order chi connectivity index (χ1) is 12.4. The molecule has 0 saturated carbocycles. The fourth-order valence-corrected chi connectivity index (χ4v) is 3.22. The summed E-state index contributed by atoms with van der Waals surface area (Å²) in [7, 11) is 0. The first kappa shape index (κ1) is 21.0. The number of hydrogen-bond donors (Lipinski definition) is 1. The van der Waals surface area contributed by atoms with Crippen LogP contribution in [0.25, 0.3) is 0 Å². The van der Waals surface area contributed by atoms with Gasteiger partial charge in [-0.25, -0.2) is 13.2 Å². The molecule has 1 saturated heterocycles. The molecule has 0 aliphatic carbocycles. The van der Waals surface area contributed by atoms with Gasteiger partial charge in [0.15, 0.2) is 23.2 Å². The van der Waals surface area contributed by atoms with Gasteiger partial charge in [0.05, 0.1) is 16.5 Å². The third kappa shape index (κ3) is 4.52. The Morgan fingerprint density at radius 3 is 2.44 bits per heavy atom. The molecule has 0 radical (unpaired) electrons. The van der Waals surface area contributed by atoms with Crippen LogP contribution in [-0.2, 0) is 14.4 Å². The lowest BCUT2D eigenvalue weighted by atomic mass is 9.91. The summed E-state index contributed by atoms with van der Waals surface area (Å²) < 4.78 is 40.1. The van der Waals surface area contributed by atoms with Gasteiger partial charge in [-0.3, -0.25) is 19.3 Å². The summed E-state index contributed by atoms with van der Waals surface area (Å²) in [6.07, 6.45) is 1.30. The lowest BCUT2D eigenvalue weighted by Gasteiger charge is -2.25. The van der Waals surface area contributed by atoms with Crippen molar-refractivity contribution in [1.82, 2.24) is 4.90 Å². The summed E-state index contributed by atoms with van der Waals surface area (Å²) >= 11 is 1.12. The molecule has 0 spiro atoms. The van der Waals surface area contributed by atoms with Gasteiger partial charge in [-0.15, -0.1) is 0 Å². The van der Waals surface area contributed by atoms with Crippen molar-refractivity contribution in [2.24, 2.45) is 5.41 Å². The van der Waals surface area contributed by atoms with E-state index in [1.54, 1.807) is 20.8 Å². The minimum Gasteiger partial charge on any atom is -0.322 e. The van der Waals surface area contributed by atoms with Gasteiger partial charge in [0.25, 0.3) is 0 Å². The Balaban J connectivity index is 2.24. The van der Waals surface area contributed by atoms with Gasteiger partial charge in [-0.1, -0.05) is 32.5 Å². The highest BCUT2D eigenvalue weighted by Gasteiger charge is 2.36. The van der Waals surface area contributed by atoms with Crippen molar-refractivity contribution < 1.29 is 27.6 Å². The van der Waals surface area contributed by atoms with E-state index in [1.165, 1.54) is 13.0 Å². The van der Waals surface area contributed by atoms with E-state index in [-0.39, 0.29) is 17.4 Å². The van der Waals surface area contributed by atoms with Gasteiger partial charge < -0.3 is 5.32 Å². The smallest absolute Gasteiger partial charge is 0.247 e. The summed E-state index contributed by atoms with van der Waals surface area (Å²) in [5, 5.41) is 2.46. The van der Waals surface area contributed by atoms with Crippen molar-refractivity contribution in [3.8, 4) is 0 Å². The van der Waals surface area contributed by atoms with Crippen LogP contribution in [0.1, 0.15) is 27.7 Å². The molecule has 1 heterocycles. The van der Waals surface area contributed by atoms with Gasteiger partial charge in [0.2, 0.25) is 11.8 Å². The number of anilines is 1. The second-order valence-corrected chi connectivity index (χ2v) is 8.03. The quantitative estimate of drug-likeness (QED) is 0.621. The summed E-state index contributed by atoms with van der Waals surface area (Å²) in [4.78, 5) is 37.9. The standard InChI is InChI=1S/C18H19F3N2O3S/c1-9(17(26)22-11-6-5-10(19)15(20)16(11)21)23-13(25)8-27-14(23)7-12(24)18(2,3)4/h5-7,9H,8H2,1-4H3,(H,22,26)/b14-7-/t9-/m1/s1. The summed E-state index contributed by atoms with van der Waals surface area (Å²) in [5.74, 6) is -5.97. The van der Waals surface area contributed by atoms with Crippen molar-refractivity contribution in [2.75, 3.05) is 11.1 Å². The molecule has 1 aliphatic rings. The SMILES string of the molecule is C[C@H](C(=O)Nc1ccc(F)c(F)c1F)N1C(=O)CS/C1=C\C(=O)C(C)(C)C. The highest BCUT2D eigenvalue weighted by atomic mass is 32.2. The number of amides is 2. The Kier molecular flexibility index (Phi) is 6.04. The number of rotatable bonds is 4. The van der Waals surface area contributed by atoms with E-state index < -0.39 is 40.5 Å². The molecular weight excluding hydrogens is 381 g/mol. The molecule has 1 N–H and O–H groups in total. The lowest BCUT2D eigenvalue weighted by molar-refractivity contribution is -0.132. The van der Waals surface area contributed by atoms with Crippen molar-refractivity contribution in [3.05, 3.63) is 40.7 Å². The first-order valence-electron chi connectivity index (χ1n) is 8.09. The molecule has 2 amide bonds. The summed E-state index contributed by atoms with van der Waals surface area (Å²) in [6, 6.07) is 0.487. The zero-order chi connectivity index (χ0) is 20.5. The van der Waals surface area contributed by atoms with Crippen LogP contribution < -0.4 is 5.32 Å². The van der Waals surface area contributed by atoms with E-state index in [4.69, 9.17) is 0 Å². The Labute approximate surface area is 159 Å². The van der Waals surface area contributed by atoms with Crippen LogP contribution in [0.15, 0.2) is 23.2 Å². The largest absolute Gasteiger partial charge is 0.322 e. The van der Waals surface area contributed by atoms with Crippen LogP contribution in [-0.4, -0.2) is 34.3 Å². The molecule has 1 aliphatic heterocycles. The summed E-state index contributed by atoms with van der Waals surface area (Å²) in [5.41, 5.74) is -1.20. The van der Waals surface area contributed by atoms with Crippen molar-refractivity contribution in [1.29, 1.82) is 0 Å². The Morgan fingerprint density at radius 2 is 1.85 bits per heavy atom. The Morgan fingerprint density at radius 1 is 1.22 bits per heavy atom. The zero-order valence-corrected chi connectivity index (χ0v) is 16.0. The number of ketones is 1. The zero-order valence-electron chi connectivity index (χ0n) is 15.2. The normalized spacial score (nSPS) is 17.4. The number of benzene rings is 1.